The van der Waals surface area contributed by atoms with Crippen molar-refractivity contribution in [3.8, 4) is 5.75 Å². The predicted molar refractivity (Wildman–Crippen MR) is 76.0 cm³/mol. The molecular weight excluding hydrogens is 280 g/mol. The first kappa shape index (κ1) is 14.1. The molecule has 0 aliphatic carbocycles. The van der Waals surface area contributed by atoms with Gasteiger partial charge in [0.15, 0.2) is 0 Å². The molecule has 1 aromatic carbocycles. The molecule has 0 amide bonds. The van der Waals surface area contributed by atoms with Crippen LogP contribution in [0, 0.1) is 0 Å². The van der Waals surface area contributed by atoms with E-state index in [2.05, 4.69) is 15.0 Å². The maximum absolute atomic E-state index is 11.5. The number of benzene rings is 1. The molecule has 0 spiro atoms. The lowest BCUT2D eigenvalue weighted by molar-refractivity contribution is 0.0601. The first-order chi connectivity index (χ1) is 9.60. The second-order valence-corrected chi connectivity index (χ2v) is 4.45. The summed E-state index contributed by atoms with van der Waals surface area (Å²) in [5.41, 5.74) is 1.79. The first-order valence-corrected chi connectivity index (χ1v) is 6.23. The van der Waals surface area contributed by atoms with Gasteiger partial charge in [-0.3, -0.25) is 4.98 Å². The summed E-state index contributed by atoms with van der Waals surface area (Å²) in [6.07, 6.45) is 1.37. The SMILES string of the molecule is COC(=O)c1cc(NCc2ccc(O)cn2)ccc1Cl. The van der Waals surface area contributed by atoms with Crippen LogP contribution in [0.25, 0.3) is 0 Å². The minimum atomic E-state index is -0.485. The van der Waals surface area contributed by atoms with Crippen LogP contribution in [0.5, 0.6) is 5.75 Å². The molecule has 6 heteroatoms. The van der Waals surface area contributed by atoms with Gasteiger partial charge in [-0.1, -0.05) is 11.6 Å². The Morgan fingerprint density at radius 1 is 1.40 bits per heavy atom. The molecule has 2 rings (SSSR count). The molecule has 0 fully saturated rings. The summed E-state index contributed by atoms with van der Waals surface area (Å²) in [7, 11) is 1.30. The van der Waals surface area contributed by atoms with E-state index in [0.717, 1.165) is 11.4 Å². The van der Waals surface area contributed by atoms with E-state index in [1.807, 2.05) is 0 Å². The number of anilines is 1. The van der Waals surface area contributed by atoms with Gasteiger partial charge in [-0.05, 0) is 30.3 Å². The first-order valence-electron chi connectivity index (χ1n) is 5.86. The Balaban J connectivity index is 2.10. The summed E-state index contributed by atoms with van der Waals surface area (Å²) in [5, 5.41) is 12.6. The molecule has 2 aromatic rings. The molecule has 0 saturated carbocycles. The van der Waals surface area contributed by atoms with Crippen LogP contribution in [0.15, 0.2) is 36.5 Å². The standard InChI is InChI=1S/C14H13ClN2O3/c1-20-14(19)12-6-9(3-5-13(12)15)16-7-10-2-4-11(18)8-17-10/h2-6,8,16,18H,7H2,1H3. The van der Waals surface area contributed by atoms with Gasteiger partial charge in [0, 0.05) is 5.69 Å². The number of halogens is 1. The highest BCUT2D eigenvalue weighted by atomic mass is 35.5. The topological polar surface area (TPSA) is 71.5 Å². The lowest BCUT2D eigenvalue weighted by Gasteiger charge is -2.09. The molecule has 104 valence electrons. The van der Waals surface area contributed by atoms with Gasteiger partial charge in [-0.25, -0.2) is 4.79 Å². The summed E-state index contributed by atoms with van der Waals surface area (Å²) in [4.78, 5) is 15.6. The third-order valence-electron chi connectivity index (χ3n) is 2.65. The van der Waals surface area contributed by atoms with Crippen molar-refractivity contribution in [2.24, 2.45) is 0 Å². The monoisotopic (exact) mass is 292 g/mol. The number of pyridine rings is 1. The number of nitrogens with one attached hydrogen (secondary N) is 1. The highest BCUT2D eigenvalue weighted by molar-refractivity contribution is 6.33. The van der Waals surface area contributed by atoms with Gasteiger partial charge in [0.25, 0.3) is 0 Å². The van der Waals surface area contributed by atoms with Crippen molar-refractivity contribution in [1.82, 2.24) is 4.98 Å². The summed E-state index contributed by atoms with van der Waals surface area (Å²) in [6, 6.07) is 8.27. The zero-order valence-electron chi connectivity index (χ0n) is 10.8. The normalized spacial score (nSPS) is 10.1. The highest BCUT2D eigenvalue weighted by Crippen LogP contribution is 2.21. The second kappa shape index (κ2) is 6.25. The van der Waals surface area contributed by atoms with E-state index in [4.69, 9.17) is 16.7 Å². The van der Waals surface area contributed by atoms with E-state index in [-0.39, 0.29) is 5.75 Å². The fourth-order valence-corrected chi connectivity index (χ4v) is 1.81. The van der Waals surface area contributed by atoms with E-state index >= 15 is 0 Å². The van der Waals surface area contributed by atoms with Crippen LogP contribution in [-0.4, -0.2) is 23.2 Å². The number of carbonyl (C=O) groups excluding carboxylic acids is 1. The van der Waals surface area contributed by atoms with Gasteiger partial charge in [-0.15, -0.1) is 0 Å². The molecule has 0 aliphatic rings. The molecule has 0 unspecified atom stereocenters. The number of methoxy groups -OCH3 is 1. The minimum Gasteiger partial charge on any atom is -0.506 e. The number of hydrogen-bond acceptors (Lipinski definition) is 5. The summed E-state index contributed by atoms with van der Waals surface area (Å²) >= 11 is 5.94. The number of carbonyl (C=O) groups is 1. The molecule has 0 atom stereocenters. The molecule has 0 aliphatic heterocycles. The van der Waals surface area contributed by atoms with Crippen molar-refractivity contribution < 1.29 is 14.6 Å². The predicted octanol–water partition coefficient (Wildman–Crippen LogP) is 2.84. The van der Waals surface area contributed by atoms with E-state index in [1.165, 1.54) is 13.3 Å². The zero-order valence-corrected chi connectivity index (χ0v) is 11.5. The van der Waals surface area contributed by atoms with E-state index in [9.17, 15) is 4.79 Å². The molecule has 1 aromatic heterocycles. The van der Waals surface area contributed by atoms with Gasteiger partial charge < -0.3 is 15.2 Å². The van der Waals surface area contributed by atoms with E-state index in [1.54, 1.807) is 30.3 Å². The minimum absolute atomic E-state index is 0.119. The van der Waals surface area contributed by atoms with Crippen LogP contribution in [0.3, 0.4) is 0 Å². The molecule has 5 nitrogen and oxygen atoms in total. The smallest absolute Gasteiger partial charge is 0.339 e. The van der Waals surface area contributed by atoms with Crippen molar-refractivity contribution in [1.29, 1.82) is 0 Å². The number of nitrogens with zero attached hydrogens (tertiary/aromatic N) is 1. The van der Waals surface area contributed by atoms with Crippen molar-refractivity contribution in [2.75, 3.05) is 12.4 Å². The second-order valence-electron chi connectivity index (χ2n) is 4.05. The lowest BCUT2D eigenvalue weighted by atomic mass is 10.2. The number of esters is 1. The number of aromatic hydroxyl groups is 1. The highest BCUT2D eigenvalue weighted by Gasteiger charge is 2.11. The Labute approximate surface area is 121 Å². The van der Waals surface area contributed by atoms with Crippen LogP contribution in [0.2, 0.25) is 5.02 Å². The van der Waals surface area contributed by atoms with Crippen molar-refractivity contribution >= 4 is 23.3 Å². The van der Waals surface area contributed by atoms with Crippen molar-refractivity contribution in [3.05, 3.63) is 52.8 Å². The molecule has 20 heavy (non-hydrogen) atoms. The number of rotatable bonds is 4. The summed E-state index contributed by atoms with van der Waals surface area (Å²) in [5.74, 6) is -0.366. The van der Waals surface area contributed by atoms with Gasteiger partial charge in [0.05, 0.1) is 36.1 Å². The van der Waals surface area contributed by atoms with Crippen molar-refractivity contribution in [3.63, 3.8) is 0 Å². The molecule has 1 heterocycles. The number of hydrogen-bond donors (Lipinski definition) is 2. The van der Waals surface area contributed by atoms with Gasteiger partial charge in [0.2, 0.25) is 0 Å². The Kier molecular flexibility index (Phi) is 4.42. The number of ether oxygens (including phenoxy) is 1. The fourth-order valence-electron chi connectivity index (χ4n) is 1.62. The largest absolute Gasteiger partial charge is 0.506 e. The Morgan fingerprint density at radius 3 is 2.85 bits per heavy atom. The molecule has 2 N–H and O–H groups in total. The molecule has 0 saturated heterocycles. The average Bonchev–Trinajstić information content (AvgIpc) is 2.47. The van der Waals surface area contributed by atoms with Crippen LogP contribution in [-0.2, 0) is 11.3 Å². The van der Waals surface area contributed by atoms with Gasteiger partial charge in [-0.2, -0.15) is 0 Å². The zero-order chi connectivity index (χ0) is 14.5. The maximum Gasteiger partial charge on any atom is 0.339 e. The fraction of sp³-hybridized carbons (Fsp3) is 0.143. The Bertz CT molecular complexity index is 614. The average molecular weight is 293 g/mol. The van der Waals surface area contributed by atoms with Crippen molar-refractivity contribution in [2.45, 2.75) is 6.54 Å². The third kappa shape index (κ3) is 3.39. The van der Waals surface area contributed by atoms with Crippen LogP contribution < -0.4 is 5.32 Å². The maximum atomic E-state index is 11.5. The molecule has 0 radical (unpaired) electrons. The number of aromatic nitrogens is 1. The molecular formula is C14H13ClN2O3. The van der Waals surface area contributed by atoms with Gasteiger partial charge in [0.1, 0.15) is 5.75 Å². The van der Waals surface area contributed by atoms with E-state index in [0.29, 0.717) is 17.1 Å². The summed E-state index contributed by atoms with van der Waals surface area (Å²) in [6.45, 7) is 0.461. The summed E-state index contributed by atoms with van der Waals surface area (Å²) < 4.78 is 4.66. The quantitative estimate of drug-likeness (QED) is 0.848. The third-order valence-corrected chi connectivity index (χ3v) is 2.98. The Hall–Kier alpha value is -2.27. The van der Waals surface area contributed by atoms with Crippen LogP contribution in [0.1, 0.15) is 16.1 Å². The van der Waals surface area contributed by atoms with Crippen LogP contribution >= 0.6 is 11.6 Å². The van der Waals surface area contributed by atoms with Gasteiger partial charge >= 0.3 is 5.97 Å². The Morgan fingerprint density at radius 2 is 2.20 bits per heavy atom. The van der Waals surface area contributed by atoms with Crippen LogP contribution in [0.4, 0.5) is 5.69 Å². The lowest BCUT2D eigenvalue weighted by Crippen LogP contribution is -2.05. The van der Waals surface area contributed by atoms with E-state index < -0.39 is 5.97 Å². The molecule has 0 bridgehead atoms.